The highest BCUT2D eigenvalue weighted by atomic mass is 15.2. The van der Waals surface area contributed by atoms with E-state index >= 15 is 0 Å². The smallest absolute Gasteiger partial charge is 0.0553 e. The quantitative estimate of drug-likeness (QED) is 0.136. The summed E-state index contributed by atoms with van der Waals surface area (Å²) in [4.78, 5) is 7.30. The third-order valence-electron chi connectivity index (χ3n) is 15.7. The number of aromatic nitrogens is 1. The summed E-state index contributed by atoms with van der Waals surface area (Å²) in [6.07, 6.45) is 24.2. The molecular weight excluding hydrogens is 933 g/mol. The average Bonchev–Trinajstić information content (AvgIpc) is 3.95. The second kappa shape index (κ2) is 19.6. The van der Waals surface area contributed by atoms with Gasteiger partial charge in [-0.25, -0.2) is 0 Å². The number of rotatable bonds is 10. The molecule has 368 valence electrons. The van der Waals surface area contributed by atoms with Gasteiger partial charge in [0, 0.05) is 67.4 Å². The zero-order chi connectivity index (χ0) is 51.2. The van der Waals surface area contributed by atoms with E-state index in [1.807, 2.05) is 0 Å². The van der Waals surface area contributed by atoms with Crippen LogP contribution >= 0.6 is 0 Å². The van der Waals surface area contributed by atoms with Crippen molar-refractivity contribution >= 4 is 94.6 Å². The van der Waals surface area contributed by atoms with Crippen molar-refractivity contribution in [1.29, 1.82) is 0 Å². The molecule has 0 atom stereocenters. The molecule has 4 nitrogen and oxygen atoms in total. The first kappa shape index (κ1) is 45.9. The van der Waals surface area contributed by atoms with Crippen molar-refractivity contribution < 1.29 is 0 Å². The van der Waals surface area contributed by atoms with Gasteiger partial charge in [-0.1, -0.05) is 158 Å². The van der Waals surface area contributed by atoms with Crippen LogP contribution in [0, 0.1) is 0 Å². The third kappa shape index (κ3) is 8.09. The summed E-state index contributed by atoms with van der Waals surface area (Å²) in [7, 11) is 0. The van der Waals surface area contributed by atoms with Gasteiger partial charge >= 0.3 is 0 Å². The predicted molar refractivity (Wildman–Crippen MR) is 329 cm³/mol. The SMILES string of the molecule is C/C=C\C=C1/c2ccccc2-c2c(cc(-c3ccc4c(c3)c3cc(N(C5=CC=CCC5)c5ccccc5)ccc3n4C3=CC=CCC3)c3ccccc23)N1c1ccc2cc(N(c3ccccc3)c3ccccc3)ccc2c1. The number of fused-ring (bicyclic) bond motifs is 9. The van der Waals surface area contributed by atoms with E-state index in [1.54, 1.807) is 0 Å². The molecule has 0 unspecified atom stereocenters. The Labute approximate surface area is 450 Å². The van der Waals surface area contributed by atoms with Gasteiger partial charge in [0.1, 0.15) is 0 Å². The van der Waals surface area contributed by atoms with Crippen LogP contribution in [-0.2, 0) is 0 Å². The van der Waals surface area contributed by atoms with Crippen molar-refractivity contribution in [2.45, 2.75) is 32.6 Å². The molecule has 0 radical (unpaired) electrons. The molecular formula is C73H56N4. The molecule has 0 N–H and O–H groups in total. The first-order valence-corrected chi connectivity index (χ1v) is 27.1. The van der Waals surface area contributed by atoms with E-state index in [9.17, 15) is 0 Å². The number of hydrogen-bond acceptors (Lipinski definition) is 3. The van der Waals surface area contributed by atoms with Crippen LogP contribution < -0.4 is 14.7 Å². The normalized spacial score (nSPS) is 14.6. The third-order valence-corrected chi connectivity index (χ3v) is 15.7. The largest absolute Gasteiger partial charge is 0.314 e. The standard InChI is InChI=1S/C73H56N4/c1-2-3-37-69-63-34-20-22-36-65(63)73-64-35-21-19-33-62(64)66(50-72(73)77(69)60-42-39-51-46-59(41-38-52(51)47-60)74(54-23-9-4-10-24-54)55-25-11-5-12-26-55)53-40-44-70-67(48-53)68-49-61(43-45-71(68)76(70)58-31-17-8-18-32-58)75(56-27-13-6-14-28-56)57-29-15-7-16-30-57/h2-15,17,19-29,31,33-50H,16,18,30,32H2,1H3/b3-2-,69-37+. The van der Waals surface area contributed by atoms with E-state index in [-0.39, 0.29) is 0 Å². The lowest BCUT2D eigenvalue weighted by Gasteiger charge is -2.37. The fourth-order valence-corrected chi connectivity index (χ4v) is 12.2. The highest BCUT2D eigenvalue weighted by Gasteiger charge is 2.31. The van der Waals surface area contributed by atoms with Crippen LogP contribution in [0.3, 0.4) is 0 Å². The van der Waals surface area contributed by atoms with Gasteiger partial charge in [-0.3, -0.25) is 0 Å². The molecule has 3 aliphatic rings. The van der Waals surface area contributed by atoms with E-state index < -0.39 is 0 Å². The molecule has 2 heterocycles. The fourth-order valence-electron chi connectivity index (χ4n) is 12.2. The minimum absolute atomic E-state index is 0.982. The Morgan fingerprint density at radius 2 is 1.04 bits per heavy atom. The summed E-state index contributed by atoms with van der Waals surface area (Å²) < 4.78 is 2.52. The minimum atomic E-state index is 0.982. The van der Waals surface area contributed by atoms with Crippen molar-refractivity contribution in [3.05, 3.63) is 284 Å². The molecule has 0 spiro atoms. The summed E-state index contributed by atoms with van der Waals surface area (Å²) in [5.41, 5.74) is 20.2. The van der Waals surface area contributed by atoms with Gasteiger partial charge < -0.3 is 19.3 Å². The van der Waals surface area contributed by atoms with Crippen molar-refractivity contribution in [2.75, 3.05) is 14.7 Å². The van der Waals surface area contributed by atoms with Crippen molar-refractivity contribution in [2.24, 2.45) is 0 Å². The molecule has 2 aliphatic carbocycles. The molecule has 11 aromatic rings. The Balaban J connectivity index is 0.970. The van der Waals surface area contributed by atoms with E-state index in [0.717, 1.165) is 65.5 Å². The molecule has 0 saturated heterocycles. The van der Waals surface area contributed by atoms with Crippen LogP contribution in [-0.4, -0.2) is 4.57 Å². The van der Waals surface area contributed by atoms with Crippen LogP contribution in [0.1, 0.15) is 38.2 Å². The van der Waals surface area contributed by atoms with Gasteiger partial charge in [-0.05, 0) is 186 Å². The molecule has 0 amide bonds. The number of hydrogen-bond donors (Lipinski definition) is 0. The second-order valence-corrected chi connectivity index (χ2v) is 20.2. The highest BCUT2D eigenvalue weighted by molar-refractivity contribution is 6.18. The maximum Gasteiger partial charge on any atom is 0.0553 e. The summed E-state index contributed by atoms with van der Waals surface area (Å²) in [5.74, 6) is 0. The molecule has 0 bridgehead atoms. The van der Waals surface area contributed by atoms with Gasteiger partial charge in [0.05, 0.1) is 22.4 Å². The molecule has 1 aliphatic heterocycles. The van der Waals surface area contributed by atoms with Gasteiger partial charge in [-0.15, -0.1) is 0 Å². The second-order valence-electron chi connectivity index (χ2n) is 20.2. The Bertz CT molecular complexity index is 4240. The van der Waals surface area contributed by atoms with E-state index in [2.05, 4.69) is 299 Å². The summed E-state index contributed by atoms with van der Waals surface area (Å²) >= 11 is 0. The van der Waals surface area contributed by atoms with Crippen LogP contribution in [0.2, 0.25) is 0 Å². The lowest BCUT2D eigenvalue weighted by molar-refractivity contribution is 0.918. The van der Waals surface area contributed by atoms with E-state index in [0.29, 0.717) is 0 Å². The first-order chi connectivity index (χ1) is 38.2. The number of anilines is 7. The number of allylic oxidation sites excluding steroid dienone is 11. The Kier molecular flexibility index (Phi) is 11.7. The zero-order valence-corrected chi connectivity index (χ0v) is 43.1. The lowest BCUT2D eigenvalue weighted by Crippen LogP contribution is -2.21. The van der Waals surface area contributed by atoms with Gasteiger partial charge in [-0.2, -0.15) is 0 Å². The van der Waals surface area contributed by atoms with Crippen molar-refractivity contribution in [3.8, 4) is 22.3 Å². The summed E-state index contributed by atoms with van der Waals surface area (Å²) in [6.45, 7) is 2.10. The maximum absolute atomic E-state index is 2.52. The fraction of sp³-hybridized carbons (Fsp3) is 0.0685. The van der Waals surface area contributed by atoms with Crippen LogP contribution in [0.4, 0.5) is 39.8 Å². The Morgan fingerprint density at radius 1 is 0.442 bits per heavy atom. The number of nitrogens with zero attached hydrogens (tertiary/aromatic N) is 4. The first-order valence-electron chi connectivity index (χ1n) is 27.1. The molecule has 10 aromatic carbocycles. The summed E-state index contributed by atoms with van der Waals surface area (Å²) in [5, 5.41) is 7.29. The zero-order valence-electron chi connectivity index (χ0n) is 43.1. The van der Waals surface area contributed by atoms with Crippen molar-refractivity contribution in [1.82, 2.24) is 4.57 Å². The van der Waals surface area contributed by atoms with Crippen LogP contribution in [0.25, 0.3) is 77.0 Å². The molecule has 77 heavy (non-hydrogen) atoms. The van der Waals surface area contributed by atoms with Gasteiger partial charge in [0.25, 0.3) is 0 Å². The van der Waals surface area contributed by atoms with E-state index in [4.69, 9.17) is 0 Å². The predicted octanol–water partition coefficient (Wildman–Crippen LogP) is 20.5. The Hall–Kier alpha value is -9.64. The van der Waals surface area contributed by atoms with Gasteiger partial charge in [0.15, 0.2) is 0 Å². The maximum atomic E-state index is 2.52. The van der Waals surface area contributed by atoms with Crippen molar-refractivity contribution in [3.63, 3.8) is 0 Å². The summed E-state index contributed by atoms with van der Waals surface area (Å²) in [6, 6.07) is 80.8. The Morgan fingerprint density at radius 3 is 1.74 bits per heavy atom. The average molecular weight is 989 g/mol. The molecule has 4 heteroatoms. The molecule has 0 saturated carbocycles. The topological polar surface area (TPSA) is 14.7 Å². The van der Waals surface area contributed by atoms with E-state index in [1.165, 1.54) is 88.2 Å². The lowest BCUT2D eigenvalue weighted by atomic mass is 9.84. The van der Waals surface area contributed by atoms with Crippen LogP contribution in [0.5, 0.6) is 0 Å². The molecule has 14 rings (SSSR count). The highest BCUT2D eigenvalue weighted by Crippen LogP contribution is 2.54. The van der Waals surface area contributed by atoms with Crippen LogP contribution in [0.15, 0.2) is 279 Å². The minimum Gasteiger partial charge on any atom is -0.314 e. The number of para-hydroxylation sites is 3. The molecule has 0 fully saturated rings. The van der Waals surface area contributed by atoms with Gasteiger partial charge in [0.2, 0.25) is 0 Å². The monoisotopic (exact) mass is 988 g/mol. The number of benzene rings is 10. The molecule has 1 aromatic heterocycles.